The van der Waals surface area contributed by atoms with E-state index in [1.165, 1.54) is 12.1 Å². The largest absolute Gasteiger partial charge is 0.486 e. The van der Waals surface area contributed by atoms with Crippen LogP contribution < -0.4 is 15.6 Å². The number of amides is 1. The first-order valence-corrected chi connectivity index (χ1v) is 9.33. The summed E-state index contributed by atoms with van der Waals surface area (Å²) in [6, 6.07) is 14.8. The number of aryl methyl sites for hydroxylation is 2. The average molecular weight is 394 g/mol. The zero-order chi connectivity index (χ0) is 21.0. The van der Waals surface area contributed by atoms with Crippen LogP contribution >= 0.6 is 0 Å². The number of aromatic amines is 1. The van der Waals surface area contributed by atoms with Crippen molar-refractivity contribution in [2.75, 3.05) is 0 Å². The molecule has 1 heterocycles. The molecule has 0 saturated heterocycles. The van der Waals surface area contributed by atoms with Crippen LogP contribution in [0.5, 0.6) is 5.75 Å². The number of pyridine rings is 1. The highest BCUT2D eigenvalue weighted by Gasteiger charge is 2.12. The molecule has 3 aromatic rings. The number of hydrogen-bond acceptors (Lipinski definition) is 3. The van der Waals surface area contributed by atoms with Gasteiger partial charge < -0.3 is 15.0 Å². The minimum atomic E-state index is -0.357. The number of benzene rings is 2. The molecule has 0 unspecified atom stereocenters. The molecule has 1 atom stereocenters. The van der Waals surface area contributed by atoms with Gasteiger partial charge in [-0.05, 0) is 62.2 Å². The Hall–Kier alpha value is -3.41. The van der Waals surface area contributed by atoms with Crippen LogP contribution in [0.2, 0.25) is 0 Å². The van der Waals surface area contributed by atoms with E-state index in [0.717, 1.165) is 16.8 Å². The number of aromatic nitrogens is 1. The zero-order valence-electron chi connectivity index (χ0n) is 16.6. The molecule has 3 rings (SSSR count). The second kappa shape index (κ2) is 8.73. The fraction of sp³-hybridized carbons (Fsp3) is 0.217. The van der Waals surface area contributed by atoms with Crippen LogP contribution in [-0.4, -0.2) is 10.9 Å². The molecule has 29 heavy (non-hydrogen) atoms. The molecule has 2 N–H and O–H groups in total. The second-order valence-corrected chi connectivity index (χ2v) is 6.97. The molecule has 1 aromatic heterocycles. The molecule has 0 saturated carbocycles. The normalized spacial score (nSPS) is 11.7. The summed E-state index contributed by atoms with van der Waals surface area (Å²) in [7, 11) is 0. The summed E-state index contributed by atoms with van der Waals surface area (Å²) in [5, 5.41) is 2.78. The van der Waals surface area contributed by atoms with Gasteiger partial charge >= 0.3 is 0 Å². The first-order chi connectivity index (χ1) is 13.8. The van der Waals surface area contributed by atoms with Crippen molar-refractivity contribution in [1.82, 2.24) is 10.3 Å². The zero-order valence-corrected chi connectivity index (χ0v) is 16.6. The van der Waals surface area contributed by atoms with E-state index < -0.39 is 0 Å². The van der Waals surface area contributed by atoms with Crippen molar-refractivity contribution in [3.63, 3.8) is 0 Å². The number of carbonyl (C=O) groups excluding carboxylic acids is 1. The fourth-order valence-electron chi connectivity index (χ4n) is 3.09. The molecule has 1 amide bonds. The molecule has 0 fully saturated rings. The molecular weight excluding hydrogens is 371 g/mol. The van der Waals surface area contributed by atoms with Crippen molar-refractivity contribution >= 4 is 5.91 Å². The smallest absolute Gasteiger partial charge is 0.253 e. The molecule has 0 aliphatic rings. The number of nitrogens with one attached hydrogen (secondary N) is 2. The summed E-state index contributed by atoms with van der Waals surface area (Å²) >= 11 is 0. The van der Waals surface area contributed by atoms with E-state index in [1.807, 2.05) is 26.8 Å². The monoisotopic (exact) mass is 394 g/mol. The minimum absolute atomic E-state index is 0.154. The van der Waals surface area contributed by atoms with Gasteiger partial charge in [0.05, 0.1) is 0 Å². The van der Waals surface area contributed by atoms with E-state index in [0.29, 0.717) is 16.9 Å². The molecule has 0 bridgehead atoms. The van der Waals surface area contributed by atoms with Crippen molar-refractivity contribution in [2.24, 2.45) is 0 Å². The molecule has 5 nitrogen and oxygen atoms in total. The molecule has 0 radical (unpaired) electrons. The second-order valence-electron chi connectivity index (χ2n) is 6.97. The fourth-order valence-corrected chi connectivity index (χ4v) is 3.09. The van der Waals surface area contributed by atoms with Crippen LogP contribution in [0.4, 0.5) is 4.39 Å². The lowest BCUT2D eigenvalue weighted by Gasteiger charge is -2.15. The van der Waals surface area contributed by atoms with Crippen molar-refractivity contribution in [2.45, 2.75) is 33.4 Å². The van der Waals surface area contributed by atoms with Gasteiger partial charge in [-0.25, -0.2) is 4.39 Å². The maximum absolute atomic E-state index is 13.3. The van der Waals surface area contributed by atoms with Crippen LogP contribution in [0, 0.1) is 19.7 Å². The lowest BCUT2D eigenvalue weighted by atomic mass is 10.1. The van der Waals surface area contributed by atoms with Crippen LogP contribution in [0.15, 0.2) is 59.4 Å². The Bertz CT molecular complexity index is 1070. The Morgan fingerprint density at radius 1 is 1.14 bits per heavy atom. The average Bonchev–Trinajstić information content (AvgIpc) is 2.67. The van der Waals surface area contributed by atoms with Gasteiger partial charge in [0, 0.05) is 29.4 Å². The molecule has 0 spiro atoms. The summed E-state index contributed by atoms with van der Waals surface area (Å²) < 4.78 is 19.0. The first kappa shape index (κ1) is 20.3. The lowest BCUT2D eigenvalue weighted by Crippen LogP contribution is -2.27. The van der Waals surface area contributed by atoms with Gasteiger partial charge in [-0.15, -0.1) is 0 Å². The van der Waals surface area contributed by atoms with E-state index in [1.54, 1.807) is 36.4 Å². The summed E-state index contributed by atoms with van der Waals surface area (Å²) in [5.74, 6) is -0.183. The van der Waals surface area contributed by atoms with Gasteiger partial charge in [0.1, 0.15) is 17.7 Å². The van der Waals surface area contributed by atoms with Crippen molar-refractivity contribution in [3.05, 3.63) is 98.7 Å². The molecule has 0 aliphatic heterocycles. The number of carbonyl (C=O) groups is 1. The number of ether oxygens (including phenoxy) is 1. The van der Waals surface area contributed by atoms with Gasteiger partial charge in [0.15, 0.2) is 0 Å². The number of halogens is 1. The maximum Gasteiger partial charge on any atom is 0.253 e. The highest BCUT2D eigenvalue weighted by Crippen LogP contribution is 2.22. The van der Waals surface area contributed by atoms with Crippen LogP contribution in [0.3, 0.4) is 0 Å². The van der Waals surface area contributed by atoms with Gasteiger partial charge in [0.25, 0.3) is 11.5 Å². The van der Waals surface area contributed by atoms with Gasteiger partial charge in [0.2, 0.25) is 0 Å². The third-order valence-corrected chi connectivity index (χ3v) is 4.67. The van der Waals surface area contributed by atoms with E-state index in [4.69, 9.17) is 4.74 Å². The van der Waals surface area contributed by atoms with Crippen molar-refractivity contribution in [1.29, 1.82) is 0 Å². The number of H-pyrrole nitrogens is 1. The predicted molar refractivity (Wildman–Crippen MR) is 110 cm³/mol. The molecular formula is C23H23FN2O3. The topological polar surface area (TPSA) is 71.2 Å². The Morgan fingerprint density at radius 2 is 1.86 bits per heavy atom. The number of hydrogen-bond donors (Lipinski definition) is 2. The van der Waals surface area contributed by atoms with E-state index >= 15 is 0 Å². The summed E-state index contributed by atoms with van der Waals surface area (Å²) in [4.78, 5) is 27.2. The molecule has 2 aromatic carbocycles. The molecule has 0 aliphatic carbocycles. The third kappa shape index (κ3) is 5.10. The summed E-state index contributed by atoms with van der Waals surface area (Å²) in [6.45, 7) is 5.67. The van der Waals surface area contributed by atoms with Crippen LogP contribution in [0.25, 0.3) is 0 Å². The van der Waals surface area contributed by atoms with E-state index in [2.05, 4.69) is 10.3 Å². The predicted octanol–water partition coefficient (Wildman–Crippen LogP) is 4.20. The third-order valence-electron chi connectivity index (χ3n) is 4.67. The lowest BCUT2D eigenvalue weighted by molar-refractivity contribution is 0.0950. The van der Waals surface area contributed by atoms with E-state index in [-0.39, 0.29) is 29.9 Å². The Labute approximate surface area is 168 Å². The van der Waals surface area contributed by atoms with Gasteiger partial charge in [-0.1, -0.05) is 18.2 Å². The summed E-state index contributed by atoms with van der Waals surface area (Å²) in [6.07, 6.45) is -0.303. The van der Waals surface area contributed by atoms with Gasteiger partial charge in [-0.2, -0.15) is 0 Å². The quantitative estimate of drug-likeness (QED) is 0.658. The van der Waals surface area contributed by atoms with Crippen LogP contribution in [-0.2, 0) is 6.54 Å². The van der Waals surface area contributed by atoms with Gasteiger partial charge in [-0.3, -0.25) is 9.59 Å². The highest BCUT2D eigenvalue weighted by atomic mass is 19.1. The number of rotatable bonds is 6. The molecule has 150 valence electrons. The van der Waals surface area contributed by atoms with E-state index in [9.17, 15) is 14.0 Å². The maximum atomic E-state index is 13.3. The Kier molecular flexibility index (Phi) is 6.12. The Morgan fingerprint density at radius 3 is 2.52 bits per heavy atom. The van der Waals surface area contributed by atoms with Crippen molar-refractivity contribution in [3.8, 4) is 5.75 Å². The SMILES string of the molecule is Cc1cc(C)c(CNC(=O)c2ccc([C@H](C)Oc3cccc(F)c3)cc2)c(=O)[nH]1. The minimum Gasteiger partial charge on any atom is -0.486 e. The van der Waals surface area contributed by atoms with Crippen molar-refractivity contribution < 1.29 is 13.9 Å². The summed E-state index contributed by atoms with van der Waals surface area (Å²) in [5.41, 5.74) is 3.31. The Balaban J connectivity index is 1.63. The molecule has 6 heteroatoms. The standard InChI is InChI=1S/C23H23FN2O3/c1-14-11-15(2)26-23(28)21(14)13-25-22(27)18-9-7-17(8-10-18)16(3)29-20-6-4-5-19(24)12-20/h4-12,16H,13H2,1-3H3,(H,25,27)(H,26,28)/t16-/m0/s1. The highest BCUT2D eigenvalue weighted by molar-refractivity contribution is 5.94. The van der Waals surface area contributed by atoms with Crippen LogP contribution in [0.1, 0.15) is 45.8 Å². The first-order valence-electron chi connectivity index (χ1n) is 9.33.